The van der Waals surface area contributed by atoms with E-state index in [0.29, 0.717) is 24.4 Å². The highest BCUT2D eigenvalue weighted by Gasteiger charge is 2.54. The van der Waals surface area contributed by atoms with Crippen LogP contribution in [0.15, 0.2) is 43.0 Å². The lowest BCUT2D eigenvalue weighted by atomic mass is 9.48. The topological polar surface area (TPSA) is 52.6 Å². The zero-order valence-electron chi connectivity index (χ0n) is 16.3. The fraction of sp³-hybridized carbons (Fsp3) is 0.500. The molecular weight excluding hydrogens is 352 g/mol. The van der Waals surface area contributed by atoms with Crippen LogP contribution in [-0.2, 0) is 14.3 Å². The quantitative estimate of drug-likeness (QED) is 0.376. The molecule has 0 N–H and O–H groups in total. The predicted octanol–water partition coefficient (Wildman–Crippen LogP) is 4.59. The number of hydrogen-bond acceptors (Lipinski definition) is 4. The van der Waals surface area contributed by atoms with Gasteiger partial charge >= 0.3 is 5.97 Å². The van der Waals surface area contributed by atoms with Crippen molar-refractivity contribution in [2.75, 3.05) is 13.2 Å². The second-order valence-corrected chi connectivity index (χ2v) is 8.73. The molecule has 0 heterocycles. The Balaban J connectivity index is 1.28. The molecule has 0 radical (unpaired) electrons. The number of Topliss-reactive ketones (excluding diaryl/α,β-unsaturated/α-hetero) is 1. The molecule has 4 heteroatoms. The zero-order valence-corrected chi connectivity index (χ0v) is 16.3. The van der Waals surface area contributed by atoms with Crippen LogP contribution in [0.1, 0.15) is 44.1 Å². The maximum atomic E-state index is 12.9. The Kier molecular flexibility index (Phi) is 5.38. The van der Waals surface area contributed by atoms with Gasteiger partial charge in [-0.05, 0) is 80.1 Å². The van der Waals surface area contributed by atoms with Gasteiger partial charge in [-0.3, -0.25) is 4.79 Å². The predicted molar refractivity (Wildman–Crippen MR) is 108 cm³/mol. The van der Waals surface area contributed by atoms with Crippen molar-refractivity contribution in [3.05, 3.63) is 48.6 Å². The molecule has 0 aromatic heterocycles. The third-order valence-corrected chi connectivity index (χ3v) is 6.64. The van der Waals surface area contributed by atoms with E-state index < -0.39 is 5.97 Å². The summed E-state index contributed by atoms with van der Waals surface area (Å²) in [5, 5.41) is 0. The first kappa shape index (κ1) is 19.0. The van der Waals surface area contributed by atoms with E-state index in [1.54, 1.807) is 12.2 Å². The first-order valence-electron chi connectivity index (χ1n) is 10.3. The van der Waals surface area contributed by atoms with Gasteiger partial charge in [0, 0.05) is 11.5 Å². The molecule has 0 aliphatic heterocycles. The number of hydrogen-bond donors (Lipinski definition) is 0. The molecule has 1 aromatic carbocycles. The van der Waals surface area contributed by atoms with E-state index in [1.807, 2.05) is 24.3 Å². The first-order valence-corrected chi connectivity index (χ1v) is 10.3. The molecule has 0 unspecified atom stereocenters. The molecule has 4 bridgehead atoms. The van der Waals surface area contributed by atoms with E-state index in [-0.39, 0.29) is 17.8 Å². The summed E-state index contributed by atoms with van der Waals surface area (Å²) in [7, 11) is 0. The molecular formula is C24H28O4. The number of carbonyl (C=O) groups is 2. The maximum Gasteiger partial charge on any atom is 0.331 e. The number of ether oxygens (including phenoxy) is 2. The molecule has 0 spiro atoms. The summed E-state index contributed by atoms with van der Waals surface area (Å²) in [5.41, 5.74) is 0.662. The molecule has 4 fully saturated rings. The fourth-order valence-corrected chi connectivity index (χ4v) is 5.78. The van der Waals surface area contributed by atoms with Gasteiger partial charge in [0.15, 0.2) is 12.4 Å². The van der Waals surface area contributed by atoms with Crippen molar-refractivity contribution >= 4 is 17.8 Å². The van der Waals surface area contributed by atoms with E-state index in [0.717, 1.165) is 30.6 Å². The van der Waals surface area contributed by atoms with Gasteiger partial charge in [-0.15, -0.1) is 0 Å². The highest BCUT2D eigenvalue weighted by atomic mass is 16.5. The summed E-state index contributed by atoms with van der Waals surface area (Å²) in [6.45, 7) is 3.98. The molecule has 4 saturated carbocycles. The Morgan fingerprint density at radius 1 is 1.04 bits per heavy atom. The minimum absolute atomic E-state index is 0.0936. The van der Waals surface area contributed by atoms with Gasteiger partial charge in [-0.25, -0.2) is 4.79 Å². The van der Waals surface area contributed by atoms with Crippen LogP contribution in [0.5, 0.6) is 5.75 Å². The van der Waals surface area contributed by atoms with Crippen LogP contribution in [0, 0.1) is 23.2 Å². The average Bonchev–Trinajstić information content (AvgIpc) is 2.68. The molecule has 0 atom stereocenters. The molecule has 148 valence electrons. The minimum atomic E-state index is -0.468. The van der Waals surface area contributed by atoms with Crippen LogP contribution >= 0.6 is 0 Å². The maximum absolute atomic E-state index is 12.9. The molecule has 4 nitrogen and oxygen atoms in total. The standard InChI is InChI=1S/C24H28O4/c1-2-9-27-21-6-3-17(4-7-21)5-8-23(26)28-16-22(25)24-13-18-10-19(14-24)12-20(11-18)15-24/h2-8,18-20H,1,9-16H2/b8-5+. The van der Waals surface area contributed by atoms with E-state index in [2.05, 4.69) is 6.58 Å². The van der Waals surface area contributed by atoms with Crippen molar-refractivity contribution in [3.63, 3.8) is 0 Å². The largest absolute Gasteiger partial charge is 0.490 e. The number of carbonyl (C=O) groups excluding carboxylic acids is 2. The summed E-state index contributed by atoms with van der Waals surface area (Å²) >= 11 is 0. The Morgan fingerprint density at radius 3 is 2.21 bits per heavy atom. The van der Waals surface area contributed by atoms with Gasteiger partial charge in [0.2, 0.25) is 0 Å². The van der Waals surface area contributed by atoms with Crippen molar-refractivity contribution in [3.8, 4) is 5.75 Å². The van der Waals surface area contributed by atoms with Crippen molar-refractivity contribution in [1.82, 2.24) is 0 Å². The van der Waals surface area contributed by atoms with Crippen molar-refractivity contribution < 1.29 is 19.1 Å². The van der Waals surface area contributed by atoms with E-state index in [4.69, 9.17) is 9.47 Å². The van der Waals surface area contributed by atoms with E-state index in [9.17, 15) is 9.59 Å². The van der Waals surface area contributed by atoms with Gasteiger partial charge in [-0.2, -0.15) is 0 Å². The lowest BCUT2D eigenvalue weighted by Crippen LogP contribution is -2.51. The number of ketones is 1. The van der Waals surface area contributed by atoms with Crippen LogP contribution in [-0.4, -0.2) is 25.0 Å². The lowest BCUT2D eigenvalue weighted by molar-refractivity contribution is -0.155. The van der Waals surface area contributed by atoms with Crippen LogP contribution in [0.3, 0.4) is 0 Å². The highest BCUT2D eigenvalue weighted by Crippen LogP contribution is 2.60. The van der Waals surface area contributed by atoms with Gasteiger partial charge < -0.3 is 9.47 Å². The molecule has 0 amide bonds. The first-order chi connectivity index (χ1) is 13.6. The normalized spacial score (nSPS) is 30.4. The summed E-state index contributed by atoms with van der Waals surface area (Å²) in [6, 6.07) is 7.40. The SMILES string of the molecule is C=CCOc1ccc(/C=C/C(=O)OCC(=O)C23CC4CC(CC(C4)C2)C3)cc1. The third kappa shape index (κ3) is 4.06. The number of esters is 1. The van der Waals surface area contributed by atoms with Crippen LogP contribution in [0.4, 0.5) is 0 Å². The van der Waals surface area contributed by atoms with Gasteiger partial charge in [0.25, 0.3) is 0 Å². The monoisotopic (exact) mass is 380 g/mol. The second-order valence-electron chi connectivity index (χ2n) is 8.73. The molecule has 4 aliphatic carbocycles. The average molecular weight is 380 g/mol. The Bertz CT molecular complexity index is 739. The Morgan fingerprint density at radius 2 is 1.64 bits per heavy atom. The summed E-state index contributed by atoms with van der Waals surface area (Å²) in [6.07, 6.45) is 11.7. The Hall–Kier alpha value is -2.36. The summed E-state index contributed by atoms with van der Waals surface area (Å²) in [5.74, 6) is 2.56. The Labute approximate surface area is 166 Å². The lowest BCUT2D eigenvalue weighted by Gasteiger charge is -2.55. The highest BCUT2D eigenvalue weighted by molar-refractivity contribution is 5.91. The van der Waals surface area contributed by atoms with Crippen molar-refractivity contribution in [1.29, 1.82) is 0 Å². The number of rotatable bonds is 8. The van der Waals surface area contributed by atoms with E-state index in [1.165, 1.54) is 25.3 Å². The van der Waals surface area contributed by atoms with Crippen molar-refractivity contribution in [2.45, 2.75) is 38.5 Å². The smallest absolute Gasteiger partial charge is 0.331 e. The van der Waals surface area contributed by atoms with Gasteiger partial charge in [0.1, 0.15) is 12.4 Å². The van der Waals surface area contributed by atoms with E-state index >= 15 is 0 Å². The van der Waals surface area contributed by atoms with Crippen LogP contribution in [0.2, 0.25) is 0 Å². The molecule has 5 rings (SSSR count). The summed E-state index contributed by atoms with van der Waals surface area (Å²) in [4.78, 5) is 24.9. The molecule has 0 saturated heterocycles. The van der Waals surface area contributed by atoms with Crippen molar-refractivity contribution in [2.24, 2.45) is 23.2 Å². The molecule has 1 aromatic rings. The van der Waals surface area contributed by atoms with Gasteiger partial charge in [0.05, 0.1) is 0 Å². The minimum Gasteiger partial charge on any atom is -0.490 e. The summed E-state index contributed by atoms with van der Waals surface area (Å²) < 4.78 is 10.7. The third-order valence-electron chi connectivity index (χ3n) is 6.64. The van der Waals surface area contributed by atoms with Crippen LogP contribution < -0.4 is 4.74 Å². The number of benzene rings is 1. The molecule has 4 aliphatic rings. The zero-order chi connectivity index (χ0) is 19.6. The fourth-order valence-electron chi connectivity index (χ4n) is 5.78. The molecule has 28 heavy (non-hydrogen) atoms. The van der Waals surface area contributed by atoms with Crippen LogP contribution in [0.25, 0.3) is 6.08 Å². The second kappa shape index (κ2) is 7.94. The van der Waals surface area contributed by atoms with Gasteiger partial charge in [-0.1, -0.05) is 24.8 Å².